The minimum atomic E-state index is -0.239. The highest BCUT2D eigenvalue weighted by Gasteiger charge is 2.44. The van der Waals surface area contributed by atoms with Gasteiger partial charge < -0.3 is 4.90 Å². The number of fused-ring (bicyclic) bond motifs is 2. The lowest BCUT2D eigenvalue weighted by Crippen LogP contribution is -2.34. The van der Waals surface area contributed by atoms with Crippen molar-refractivity contribution in [1.82, 2.24) is 0 Å². The molecular weight excluding hydrogens is 446 g/mol. The number of anilines is 1. The number of para-hydroxylation sites is 1. The maximum Gasteiger partial charge on any atom is 0.264 e. The van der Waals surface area contributed by atoms with Crippen molar-refractivity contribution in [3.8, 4) is 0 Å². The van der Waals surface area contributed by atoms with Crippen LogP contribution in [0.4, 0.5) is 11.4 Å². The van der Waals surface area contributed by atoms with Gasteiger partial charge in [0, 0.05) is 35.5 Å². The number of hydrogen-bond donors (Lipinski definition) is 0. The molecule has 1 aliphatic heterocycles. The molecule has 1 atom stereocenters. The number of aryl methyl sites for hydroxylation is 1. The van der Waals surface area contributed by atoms with Crippen LogP contribution in [-0.4, -0.2) is 6.54 Å². The summed E-state index contributed by atoms with van der Waals surface area (Å²) in [5.74, 6) is 0.614. The number of nitrogens with zero attached hydrogens (tertiary/aromatic N) is 3. The minimum absolute atomic E-state index is 0.239. The standard InChI is InChI=1S/C31H32N3S/c1-22(2)17-18-34-26-16-15-24(32-4)19-25(26)31(3,21-23-11-7-6-8-12-23)29(34)20-30-33(5)27-13-9-10-14-28(27)35-30/h6-16,19-20,22H,17-18,21H2,1-3,5H3/q+1. The van der Waals surface area contributed by atoms with Gasteiger partial charge in [-0.3, -0.25) is 0 Å². The van der Waals surface area contributed by atoms with Crippen LogP contribution in [0.5, 0.6) is 0 Å². The zero-order valence-corrected chi connectivity index (χ0v) is 21.8. The van der Waals surface area contributed by atoms with Crippen LogP contribution in [0.15, 0.2) is 78.5 Å². The largest absolute Gasteiger partial charge is 0.344 e. The second-order valence-electron chi connectivity index (χ2n) is 10.1. The molecule has 0 spiro atoms. The maximum atomic E-state index is 7.66. The van der Waals surface area contributed by atoms with Crippen LogP contribution in [0.25, 0.3) is 21.1 Å². The van der Waals surface area contributed by atoms with Crippen molar-refractivity contribution in [2.45, 2.75) is 39.0 Å². The van der Waals surface area contributed by atoms with Gasteiger partial charge in [-0.05, 0) is 48.9 Å². The average Bonchev–Trinajstić information content (AvgIpc) is 3.30. The Hall–Kier alpha value is -3.42. The van der Waals surface area contributed by atoms with Gasteiger partial charge in [0.05, 0.1) is 6.57 Å². The lowest BCUT2D eigenvalue weighted by Gasteiger charge is -2.31. The van der Waals surface area contributed by atoms with Crippen LogP contribution in [0.2, 0.25) is 0 Å². The summed E-state index contributed by atoms with van der Waals surface area (Å²) < 4.78 is 3.61. The van der Waals surface area contributed by atoms with Crippen molar-refractivity contribution in [3.63, 3.8) is 0 Å². The highest BCUT2D eigenvalue weighted by Crippen LogP contribution is 2.51. The van der Waals surface area contributed by atoms with Crippen molar-refractivity contribution >= 4 is 39.0 Å². The molecule has 4 heteroatoms. The van der Waals surface area contributed by atoms with E-state index in [9.17, 15) is 0 Å². The fraction of sp³-hybridized carbons (Fsp3) is 0.290. The van der Waals surface area contributed by atoms with E-state index < -0.39 is 0 Å². The van der Waals surface area contributed by atoms with E-state index in [1.54, 1.807) is 0 Å². The van der Waals surface area contributed by atoms with Crippen molar-refractivity contribution in [2.24, 2.45) is 13.0 Å². The van der Waals surface area contributed by atoms with Gasteiger partial charge in [0.25, 0.3) is 5.01 Å². The van der Waals surface area contributed by atoms with Crippen LogP contribution >= 0.6 is 11.3 Å². The van der Waals surface area contributed by atoms with E-state index in [2.05, 4.69) is 115 Å². The number of aromatic nitrogens is 1. The Morgan fingerprint density at radius 3 is 2.51 bits per heavy atom. The first-order valence-corrected chi connectivity index (χ1v) is 13.2. The third-order valence-electron chi connectivity index (χ3n) is 7.21. The van der Waals surface area contributed by atoms with Gasteiger partial charge in [-0.25, -0.2) is 4.85 Å². The van der Waals surface area contributed by atoms with E-state index in [0.29, 0.717) is 11.6 Å². The molecule has 0 saturated carbocycles. The van der Waals surface area contributed by atoms with E-state index in [1.165, 1.54) is 37.7 Å². The summed E-state index contributed by atoms with van der Waals surface area (Å²) in [6.07, 6.45) is 4.41. The summed E-state index contributed by atoms with van der Waals surface area (Å²) in [5.41, 5.74) is 6.86. The first-order chi connectivity index (χ1) is 16.9. The normalized spacial score (nSPS) is 18.4. The first-order valence-electron chi connectivity index (χ1n) is 12.3. The van der Waals surface area contributed by atoms with Crippen LogP contribution < -0.4 is 9.47 Å². The summed E-state index contributed by atoms with van der Waals surface area (Å²) in [6.45, 7) is 15.6. The van der Waals surface area contributed by atoms with Gasteiger partial charge in [-0.2, -0.15) is 4.57 Å². The van der Waals surface area contributed by atoms with Crippen molar-refractivity contribution in [3.05, 3.63) is 106 Å². The van der Waals surface area contributed by atoms with Gasteiger partial charge in [-0.15, -0.1) is 0 Å². The summed E-state index contributed by atoms with van der Waals surface area (Å²) >= 11 is 1.84. The molecule has 5 rings (SSSR count). The molecule has 0 bridgehead atoms. The molecule has 35 heavy (non-hydrogen) atoms. The Labute approximate surface area is 212 Å². The Morgan fingerprint density at radius 1 is 1.06 bits per heavy atom. The Balaban J connectivity index is 1.72. The van der Waals surface area contributed by atoms with Gasteiger partial charge in [0.15, 0.2) is 5.69 Å². The zero-order valence-electron chi connectivity index (χ0n) is 21.0. The lowest BCUT2D eigenvalue weighted by atomic mass is 9.76. The summed E-state index contributed by atoms with van der Waals surface area (Å²) in [5, 5.41) is 1.24. The molecule has 1 aromatic heterocycles. The minimum Gasteiger partial charge on any atom is -0.344 e. The van der Waals surface area contributed by atoms with E-state index in [0.717, 1.165) is 19.4 Å². The molecule has 1 unspecified atom stereocenters. The molecule has 0 amide bonds. The quantitative estimate of drug-likeness (QED) is 0.204. The lowest BCUT2D eigenvalue weighted by molar-refractivity contribution is -0.642. The fourth-order valence-electron chi connectivity index (χ4n) is 5.26. The Bertz CT molecular complexity index is 1440. The smallest absolute Gasteiger partial charge is 0.264 e. The molecule has 3 nitrogen and oxygen atoms in total. The number of thiazole rings is 1. The van der Waals surface area contributed by atoms with Crippen LogP contribution in [-0.2, 0) is 18.9 Å². The molecular formula is C31H32N3S+. The number of allylic oxidation sites excluding steroid dienone is 1. The molecule has 4 aromatic rings. The molecule has 0 saturated heterocycles. The van der Waals surface area contributed by atoms with Crippen LogP contribution in [0, 0.1) is 12.5 Å². The predicted molar refractivity (Wildman–Crippen MR) is 148 cm³/mol. The van der Waals surface area contributed by atoms with Gasteiger partial charge in [0.1, 0.15) is 11.7 Å². The first kappa shape index (κ1) is 23.3. The van der Waals surface area contributed by atoms with E-state index in [-0.39, 0.29) is 5.41 Å². The fourth-order valence-corrected chi connectivity index (χ4v) is 6.34. The topological polar surface area (TPSA) is 11.5 Å². The molecule has 0 fully saturated rings. The zero-order chi connectivity index (χ0) is 24.6. The van der Waals surface area contributed by atoms with Gasteiger partial charge in [-0.1, -0.05) is 79.8 Å². The highest BCUT2D eigenvalue weighted by atomic mass is 32.1. The van der Waals surface area contributed by atoms with Crippen LogP contribution in [0.3, 0.4) is 0 Å². The third-order valence-corrected chi connectivity index (χ3v) is 8.38. The maximum absolute atomic E-state index is 7.66. The van der Waals surface area contributed by atoms with Crippen molar-refractivity contribution in [2.75, 3.05) is 11.4 Å². The number of hydrogen-bond acceptors (Lipinski definition) is 2. The van der Waals surface area contributed by atoms with Crippen molar-refractivity contribution in [1.29, 1.82) is 0 Å². The second kappa shape index (κ2) is 9.32. The Kier molecular flexibility index (Phi) is 6.21. The van der Waals surface area contributed by atoms with Crippen LogP contribution in [0.1, 0.15) is 43.3 Å². The predicted octanol–water partition coefficient (Wildman–Crippen LogP) is 7.68. The SMILES string of the molecule is [C-]#[N+]c1ccc2c(c1)C(C)(Cc1ccccc1)C(=Cc1sc3ccccc3[n+]1C)N2CCC(C)C. The third kappa shape index (κ3) is 4.26. The average molecular weight is 479 g/mol. The number of rotatable bonds is 6. The van der Waals surface area contributed by atoms with E-state index >= 15 is 0 Å². The van der Waals surface area contributed by atoms with E-state index in [1.807, 2.05) is 17.4 Å². The number of benzene rings is 3. The second-order valence-corrected chi connectivity index (χ2v) is 11.2. The molecule has 2 heterocycles. The highest BCUT2D eigenvalue weighted by molar-refractivity contribution is 7.18. The molecule has 0 aliphatic carbocycles. The van der Waals surface area contributed by atoms with Gasteiger partial charge >= 0.3 is 0 Å². The molecule has 0 radical (unpaired) electrons. The molecule has 176 valence electrons. The van der Waals surface area contributed by atoms with E-state index in [4.69, 9.17) is 6.57 Å². The summed E-state index contributed by atoms with van der Waals surface area (Å²) in [6, 6.07) is 25.6. The monoisotopic (exact) mass is 478 g/mol. The summed E-state index contributed by atoms with van der Waals surface area (Å²) in [7, 11) is 2.16. The van der Waals surface area contributed by atoms with Crippen molar-refractivity contribution < 1.29 is 4.57 Å². The molecule has 1 aliphatic rings. The summed E-state index contributed by atoms with van der Waals surface area (Å²) in [4.78, 5) is 6.31. The molecule has 0 N–H and O–H groups in total. The molecule has 3 aromatic carbocycles. The van der Waals surface area contributed by atoms with Gasteiger partial charge in [0.2, 0.25) is 5.52 Å². The Morgan fingerprint density at radius 2 is 1.80 bits per heavy atom.